The van der Waals surface area contributed by atoms with Crippen LogP contribution in [-0.4, -0.2) is 29.7 Å². The molecule has 0 spiro atoms. The second kappa shape index (κ2) is 7.07. The van der Waals surface area contributed by atoms with Gasteiger partial charge in [-0.3, -0.25) is 14.3 Å². The van der Waals surface area contributed by atoms with Crippen LogP contribution in [0.15, 0.2) is 34.5 Å². The van der Waals surface area contributed by atoms with Crippen molar-refractivity contribution in [3.8, 4) is 11.4 Å². The largest absolute Gasteiger partial charge is 0.309 e. The summed E-state index contributed by atoms with van der Waals surface area (Å²) in [4.78, 5) is 26.4. The average molecular weight is 425 g/mol. The van der Waals surface area contributed by atoms with Crippen molar-refractivity contribution in [1.82, 2.24) is 29.7 Å². The standard InChI is InChI=1S/C20H20N6OS2/c1-10-11(2)28-19-15(10)18(27)22-16(23-19)12(3)29-20-25-24-17(26(20)14-4-5-14)13-6-8-21-9-7-13/h6-9,12,14H,4-5H2,1-3H3,(H,22,23,27). The number of H-pyrrole nitrogens is 1. The molecule has 1 aliphatic rings. The van der Waals surface area contributed by atoms with Crippen LogP contribution in [0.4, 0.5) is 0 Å². The van der Waals surface area contributed by atoms with Crippen molar-refractivity contribution >= 4 is 33.3 Å². The Hall–Kier alpha value is -2.52. The Morgan fingerprint density at radius 1 is 1.24 bits per heavy atom. The van der Waals surface area contributed by atoms with Gasteiger partial charge in [0.15, 0.2) is 11.0 Å². The Morgan fingerprint density at radius 2 is 2.00 bits per heavy atom. The van der Waals surface area contributed by atoms with E-state index in [1.165, 1.54) is 0 Å². The number of aromatic nitrogens is 6. The highest BCUT2D eigenvalue weighted by atomic mass is 32.2. The molecular weight excluding hydrogens is 404 g/mol. The van der Waals surface area contributed by atoms with Gasteiger partial charge in [0.1, 0.15) is 10.7 Å². The lowest BCUT2D eigenvalue weighted by molar-refractivity contribution is 0.667. The average Bonchev–Trinajstić information content (AvgIpc) is 3.40. The molecule has 0 aliphatic heterocycles. The van der Waals surface area contributed by atoms with Gasteiger partial charge in [0.2, 0.25) is 0 Å². The lowest BCUT2D eigenvalue weighted by Crippen LogP contribution is -2.12. The minimum atomic E-state index is -0.0690. The summed E-state index contributed by atoms with van der Waals surface area (Å²) in [6.07, 6.45) is 5.80. The Kier molecular flexibility index (Phi) is 4.51. The molecule has 4 aromatic rings. The Balaban J connectivity index is 1.50. The van der Waals surface area contributed by atoms with Crippen molar-refractivity contribution in [3.05, 3.63) is 51.1 Å². The number of aryl methyl sites for hydroxylation is 2. The number of thiophene rings is 1. The first-order valence-electron chi connectivity index (χ1n) is 9.54. The highest BCUT2D eigenvalue weighted by Gasteiger charge is 2.31. The molecule has 9 heteroatoms. The van der Waals surface area contributed by atoms with E-state index in [0.29, 0.717) is 17.3 Å². The van der Waals surface area contributed by atoms with Crippen LogP contribution in [-0.2, 0) is 0 Å². The van der Waals surface area contributed by atoms with Crippen molar-refractivity contribution in [3.63, 3.8) is 0 Å². The predicted octanol–water partition coefficient (Wildman–Crippen LogP) is 4.44. The maximum atomic E-state index is 12.6. The third-order valence-electron chi connectivity index (χ3n) is 5.24. The summed E-state index contributed by atoms with van der Waals surface area (Å²) in [6.45, 7) is 6.04. The molecule has 5 rings (SSSR count). The van der Waals surface area contributed by atoms with E-state index in [9.17, 15) is 4.79 Å². The first-order valence-corrected chi connectivity index (χ1v) is 11.2. The molecule has 1 atom stereocenters. The minimum absolute atomic E-state index is 0.0539. The number of aromatic amines is 1. The molecule has 1 N–H and O–H groups in total. The fourth-order valence-corrected chi connectivity index (χ4v) is 5.41. The molecule has 1 aliphatic carbocycles. The first kappa shape index (κ1) is 18.5. The molecule has 0 saturated heterocycles. The molecule has 4 heterocycles. The monoisotopic (exact) mass is 424 g/mol. The number of thioether (sulfide) groups is 1. The van der Waals surface area contributed by atoms with Gasteiger partial charge in [0.25, 0.3) is 5.56 Å². The molecule has 1 fully saturated rings. The lowest BCUT2D eigenvalue weighted by atomic mass is 10.2. The molecule has 0 amide bonds. The number of nitrogens with one attached hydrogen (secondary N) is 1. The highest BCUT2D eigenvalue weighted by molar-refractivity contribution is 7.99. The van der Waals surface area contributed by atoms with E-state index in [0.717, 1.165) is 44.7 Å². The third-order valence-corrected chi connectivity index (χ3v) is 7.41. The number of pyridine rings is 1. The van der Waals surface area contributed by atoms with Gasteiger partial charge >= 0.3 is 0 Å². The molecular formula is C20H20N6OS2. The lowest BCUT2D eigenvalue weighted by Gasteiger charge is -2.12. The van der Waals surface area contributed by atoms with E-state index < -0.39 is 0 Å². The van der Waals surface area contributed by atoms with Gasteiger partial charge in [-0.2, -0.15) is 0 Å². The fourth-order valence-electron chi connectivity index (χ4n) is 3.39. The van der Waals surface area contributed by atoms with E-state index in [4.69, 9.17) is 4.98 Å². The molecule has 1 saturated carbocycles. The van der Waals surface area contributed by atoms with Gasteiger partial charge in [-0.1, -0.05) is 11.8 Å². The summed E-state index contributed by atoms with van der Waals surface area (Å²) < 4.78 is 2.21. The normalized spacial score (nSPS) is 15.1. The fraction of sp³-hybridized carbons (Fsp3) is 0.350. The zero-order valence-corrected chi connectivity index (χ0v) is 18.0. The topological polar surface area (TPSA) is 89.3 Å². The van der Waals surface area contributed by atoms with Gasteiger partial charge < -0.3 is 4.98 Å². The summed E-state index contributed by atoms with van der Waals surface area (Å²) in [5.41, 5.74) is 1.96. The maximum Gasteiger partial charge on any atom is 0.259 e. The minimum Gasteiger partial charge on any atom is -0.309 e. The van der Waals surface area contributed by atoms with Crippen LogP contribution in [0.1, 0.15) is 47.3 Å². The zero-order chi connectivity index (χ0) is 20.1. The van der Waals surface area contributed by atoms with Gasteiger partial charge in [0.05, 0.1) is 10.6 Å². The van der Waals surface area contributed by atoms with Gasteiger partial charge in [-0.15, -0.1) is 21.5 Å². The second-order valence-corrected chi connectivity index (χ2v) is 9.83. The zero-order valence-electron chi connectivity index (χ0n) is 16.3. The van der Waals surface area contributed by atoms with Gasteiger partial charge in [-0.05, 0) is 51.3 Å². The number of hydrogen-bond donors (Lipinski definition) is 1. The summed E-state index contributed by atoms with van der Waals surface area (Å²) in [6, 6.07) is 4.34. The molecule has 0 bridgehead atoms. The summed E-state index contributed by atoms with van der Waals surface area (Å²) >= 11 is 3.15. The van der Waals surface area contributed by atoms with Crippen LogP contribution in [0.2, 0.25) is 0 Å². The van der Waals surface area contributed by atoms with E-state index in [2.05, 4.69) is 24.7 Å². The molecule has 148 valence electrons. The van der Waals surface area contributed by atoms with Crippen LogP contribution in [0, 0.1) is 13.8 Å². The van der Waals surface area contributed by atoms with Crippen molar-refractivity contribution in [2.24, 2.45) is 0 Å². The van der Waals surface area contributed by atoms with Gasteiger partial charge in [0, 0.05) is 28.9 Å². The van der Waals surface area contributed by atoms with Crippen molar-refractivity contribution in [2.75, 3.05) is 0 Å². The molecule has 0 radical (unpaired) electrons. The summed E-state index contributed by atoms with van der Waals surface area (Å²) in [5, 5.41) is 10.4. The number of fused-ring (bicyclic) bond motifs is 1. The number of rotatable bonds is 5. The van der Waals surface area contributed by atoms with E-state index >= 15 is 0 Å². The van der Waals surface area contributed by atoms with Crippen LogP contribution in [0.3, 0.4) is 0 Å². The summed E-state index contributed by atoms with van der Waals surface area (Å²) in [5.74, 6) is 1.54. The number of hydrogen-bond acceptors (Lipinski definition) is 7. The van der Waals surface area contributed by atoms with E-state index in [1.807, 2.05) is 32.9 Å². The van der Waals surface area contributed by atoms with Crippen molar-refractivity contribution in [1.29, 1.82) is 0 Å². The SMILES string of the molecule is Cc1sc2nc(C(C)Sc3nnc(-c4ccncc4)n3C3CC3)[nH]c(=O)c2c1C. The Bertz CT molecular complexity index is 1260. The highest BCUT2D eigenvalue weighted by Crippen LogP contribution is 2.43. The van der Waals surface area contributed by atoms with E-state index in [-0.39, 0.29) is 10.8 Å². The van der Waals surface area contributed by atoms with Crippen LogP contribution in [0.25, 0.3) is 21.6 Å². The van der Waals surface area contributed by atoms with Crippen LogP contribution < -0.4 is 5.56 Å². The molecule has 4 aromatic heterocycles. The number of nitrogens with zero attached hydrogens (tertiary/aromatic N) is 5. The van der Waals surface area contributed by atoms with Crippen LogP contribution >= 0.6 is 23.1 Å². The van der Waals surface area contributed by atoms with Crippen molar-refractivity contribution < 1.29 is 0 Å². The molecule has 7 nitrogen and oxygen atoms in total. The maximum absolute atomic E-state index is 12.6. The Labute approximate surface area is 175 Å². The van der Waals surface area contributed by atoms with Crippen molar-refractivity contribution in [2.45, 2.75) is 50.1 Å². The Morgan fingerprint density at radius 3 is 2.72 bits per heavy atom. The predicted molar refractivity (Wildman–Crippen MR) is 116 cm³/mol. The first-order chi connectivity index (χ1) is 14.0. The van der Waals surface area contributed by atoms with Crippen LogP contribution in [0.5, 0.6) is 0 Å². The third kappa shape index (κ3) is 3.28. The molecule has 1 unspecified atom stereocenters. The smallest absolute Gasteiger partial charge is 0.259 e. The van der Waals surface area contributed by atoms with E-state index in [1.54, 1.807) is 35.5 Å². The second-order valence-electron chi connectivity index (χ2n) is 7.32. The molecule has 29 heavy (non-hydrogen) atoms. The summed E-state index contributed by atoms with van der Waals surface area (Å²) in [7, 11) is 0. The molecule has 0 aromatic carbocycles. The quantitative estimate of drug-likeness (QED) is 0.476. The van der Waals surface area contributed by atoms with Gasteiger partial charge in [-0.25, -0.2) is 4.98 Å².